The topological polar surface area (TPSA) is 108 Å². The van der Waals surface area contributed by atoms with E-state index >= 15 is 0 Å². The van der Waals surface area contributed by atoms with Crippen molar-refractivity contribution in [2.45, 2.75) is 0 Å². The summed E-state index contributed by atoms with van der Waals surface area (Å²) in [5.41, 5.74) is 7.32. The highest BCUT2D eigenvalue weighted by Crippen LogP contribution is 2.26. The monoisotopic (exact) mass is 290 g/mol. The minimum absolute atomic E-state index is 0.0950. The van der Waals surface area contributed by atoms with Crippen LogP contribution in [0.1, 0.15) is 11.1 Å². The number of rotatable bonds is 3. The summed E-state index contributed by atoms with van der Waals surface area (Å²) in [7, 11) is 0. The van der Waals surface area contributed by atoms with Gasteiger partial charge in [-0.3, -0.25) is 10.1 Å². The van der Waals surface area contributed by atoms with Crippen LogP contribution in [0.4, 0.5) is 11.4 Å². The van der Waals surface area contributed by atoms with E-state index in [1.54, 1.807) is 24.3 Å². The smallest absolute Gasteiger partial charge is 0.270 e. The highest BCUT2D eigenvalue weighted by Gasteiger charge is 2.17. The number of nitrogen functional groups attached to an aromatic ring is 1. The number of hydrogen-bond acceptors (Lipinski definition) is 5. The molecule has 0 aliphatic rings. The van der Waals surface area contributed by atoms with E-state index in [9.17, 15) is 10.1 Å². The highest BCUT2D eigenvalue weighted by atomic mass is 35.5. The fourth-order valence-corrected chi connectivity index (χ4v) is 2.03. The average molecular weight is 291 g/mol. The third kappa shape index (κ3) is 2.55. The van der Waals surface area contributed by atoms with Crippen molar-refractivity contribution < 1.29 is 4.92 Å². The van der Waals surface area contributed by atoms with E-state index in [1.165, 1.54) is 18.2 Å². The van der Waals surface area contributed by atoms with Crippen LogP contribution in [0, 0.1) is 10.1 Å². The normalized spacial score (nSPS) is 11.3. The van der Waals surface area contributed by atoms with Gasteiger partial charge in [-0.1, -0.05) is 29.8 Å². The van der Waals surface area contributed by atoms with Gasteiger partial charge in [0.25, 0.3) is 5.69 Å². The lowest BCUT2D eigenvalue weighted by Gasteiger charge is -2.10. The van der Waals surface area contributed by atoms with Gasteiger partial charge in [0, 0.05) is 28.9 Å². The van der Waals surface area contributed by atoms with Gasteiger partial charge in [0.1, 0.15) is 5.71 Å². The van der Waals surface area contributed by atoms with Crippen molar-refractivity contribution in [1.82, 2.24) is 0 Å². The molecule has 0 radical (unpaired) electrons. The molecule has 0 spiro atoms. The van der Waals surface area contributed by atoms with Crippen molar-refractivity contribution in [3.63, 3.8) is 0 Å². The fraction of sp³-hybridized carbons (Fsp3) is 0. The summed E-state index contributed by atoms with van der Waals surface area (Å²) in [4.78, 5) is 10.3. The van der Waals surface area contributed by atoms with E-state index in [0.717, 1.165) is 0 Å². The zero-order chi connectivity index (χ0) is 14.7. The quantitative estimate of drug-likeness (QED) is 0.298. The molecule has 6 nitrogen and oxygen atoms in total. The molecular formula is C13H11ClN4O2. The van der Waals surface area contributed by atoms with Gasteiger partial charge in [-0.2, -0.15) is 5.10 Å². The predicted octanol–water partition coefficient (Wildman–Crippen LogP) is 2.54. The number of halogens is 1. The van der Waals surface area contributed by atoms with Crippen LogP contribution in [-0.2, 0) is 0 Å². The molecule has 20 heavy (non-hydrogen) atoms. The molecule has 2 aromatic rings. The number of nitro groups is 1. The highest BCUT2D eigenvalue weighted by molar-refractivity contribution is 6.35. The maximum atomic E-state index is 10.8. The van der Waals surface area contributed by atoms with Gasteiger partial charge in [0.2, 0.25) is 0 Å². The van der Waals surface area contributed by atoms with Crippen molar-refractivity contribution in [1.29, 1.82) is 0 Å². The zero-order valence-electron chi connectivity index (χ0n) is 10.3. The Morgan fingerprint density at radius 3 is 2.50 bits per heavy atom. The van der Waals surface area contributed by atoms with Gasteiger partial charge < -0.3 is 11.6 Å². The number of hydrogen-bond donors (Lipinski definition) is 2. The SMILES string of the molecule is NN=C(c1cc([N+](=O)[O-])ccc1N)c1ccccc1Cl. The van der Waals surface area contributed by atoms with Crippen molar-refractivity contribution >= 4 is 28.7 Å². The number of nitrogens with zero attached hydrogens (tertiary/aromatic N) is 2. The molecule has 7 heteroatoms. The Morgan fingerprint density at radius 2 is 1.90 bits per heavy atom. The molecule has 0 amide bonds. The molecule has 0 aliphatic carbocycles. The number of anilines is 1. The third-order valence-electron chi connectivity index (χ3n) is 2.76. The molecule has 2 aromatic carbocycles. The number of non-ortho nitro benzene ring substituents is 1. The van der Waals surface area contributed by atoms with E-state index < -0.39 is 4.92 Å². The Labute approximate surface area is 119 Å². The molecule has 0 aromatic heterocycles. The Balaban J connectivity index is 2.62. The third-order valence-corrected chi connectivity index (χ3v) is 3.09. The first kappa shape index (κ1) is 13.8. The van der Waals surface area contributed by atoms with Gasteiger partial charge in [0.15, 0.2) is 0 Å². The molecule has 2 rings (SSSR count). The second-order valence-electron chi connectivity index (χ2n) is 3.99. The summed E-state index contributed by atoms with van der Waals surface area (Å²) in [5, 5.41) is 15.0. The van der Waals surface area contributed by atoms with E-state index in [-0.39, 0.29) is 5.69 Å². The number of hydrazone groups is 1. The second kappa shape index (κ2) is 5.58. The number of nitro benzene ring substituents is 1. The van der Waals surface area contributed by atoms with Crippen LogP contribution in [-0.4, -0.2) is 10.6 Å². The molecule has 0 fully saturated rings. The second-order valence-corrected chi connectivity index (χ2v) is 4.39. The van der Waals surface area contributed by atoms with Crippen LogP contribution in [0.5, 0.6) is 0 Å². The predicted molar refractivity (Wildman–Crippen MR) is 78.8 cm³/mol. The molecular weight excluding hydrogens is 280 g/mol. The molecule has 0 aliphatic heterocycles. The van der Waals surface area contributed by atoms with Crippen LogP contribution in [0.15, 0.2) is 47.6 Å². The standard InChI is InChI=1S/C13H11ClN4O2/c14-11-4-2-1-3-9(11)13(17-16)10-7-8(18(19)20)5-6-12(10)15/h1-7H,15-16H2. The van der Waals surface area contributed by atoms with Crippen molar-refractivity contribution in [2.75, 3.05) is 5.73 Å². The van der Waals surface area contributed by atoms with Crippen molar-refractivity contribution in [3.05, 3.63) is 68.7 Å². The van der Waals surface area contributed by atoms with Crippen LogP contribution < -0.4 is 11.6 Å². The minimum atomic E-state index is -0.510. The van der Waals surface area contributed by atoms with E-state index in [1.807, 2.05) is 0 Å². The fourth-order valence-electron chi connectivity index (χ4n) is 1.80. The van der Waals surface area contributed by atoms with Gasteiger partial charge >= 0.3 is 0 Å². The lowest BCUT2D eigenvalue weighted by molar-refractivity contribution is -0.384. The maximum Gasteiger partial charge on any atom is 0.270 e. The first-order valence-electron chi connectivity index (χ1n) is 5.61. The largest absolute Gasteiger partial charge is 0.398 e. The minimum Gasteiger partial charge on any atom is -0.398 e. The van der Waals surface area contributed by atoms with Gasteiger partial charge in [0.05, 0.1) is 9.95 Å². The van der Waals surface area contributed by atoms with Crippen LogP contribution >= 0.6 is 11.6 Å². The van der Waals surface area contributed by atoms with Crippen molar-refractivity contribution in [3.8, 4) is 0 Å². The lowest BCUT2D eigenvalue weighted by Crippen LogP contribution is -2.10. The molecule has 4 N–H and O–H groups in total. The first-order chi connectivity index (χ1) is 9.54. The lowest BCUT2D eigenvalue weighted by atomic mass is 10.00. The molecule has 102 valence electrons. The van der Waals surface area contributed by atoms with Gasteiger partial charge in [-0.15, -0.1) is 0 Å². The van der Waals surface area contributed by atoms with E-state index in [4.69, 9.17) is 23.2 Å². The summed E-state index contributed by atoms with van der Waals surface area (Å²) < 4.78 is 0. The Bertz CT molecular complexity index is 701. The van der Waals surface area contributed by atoms with E-state index in [0.29, 0.717) is 27.5 Å². The maximum absolute atomic E-state index is 10.8. The Kier molecular flexibility index (Phi) is 3.86. The first-order valence-corrected chi connectivity index (χ1v) is 5.99. The van der Waals surface area contributed by atoms with Crippen LogP contribution in [0.25, 0.3) is 0 Å². The van der Waals surface area contributed by atoms with Gasteiger partial charge in [-0.05, 0) is 12.1 Å². The van der Waals surface area contributed by atoms with Crippen molar-refractivity contribution in [2.24, 2.45) is 10.9 Å². The summed E-state index contributed by atoms with van der Waals surface area (Å²) in [6.45, 7) is 0. The summed E-state index contributed by atoms with van der Waals surface area (Å²) in [5.74, 6) is 5.40. The molecule has 0 atom stereocenters. The molecule has 0 saturated heterocycles. The molecule has 0 saturated carbocycles. The number of benzene rings is 2. The van der Waals surface area contributed by atoms with Crippen LogP contribution in [0.3, 0.4) is 0 Å². The van der Waals surface area contributed by atoms with Crippen LogP contribution in [0.2, 0.25) is 5.02 Å². The zero-order valence-corrected chi connectivity index (χ0v) is 11.0. The molecule has 0 unspecified atom stereocenters. The summed E-state index contributed by atoms with van der Waals surface area (Å²) in [6.07, 6.45) is 0. The number of nitrogens with two attached hydrogens (primary N) is 2. The molecule has 0 heterocycles. The summed E-state index contributed by atoms with van der Waals surface area (Å²) in [6, 6.07) is 11.0. The Morgan fingerprint density at radius 1 is 1.20 bits per heavy atom. The Hall–Kier alpha value is -2.60. The average Bonchev–Trinajstić information content (AvgIpc) is 2.43. The van der Waals surface area contributed by atoms with Gasteiger partial charge in [-0.25, -0.2) is 0 Å². The molecule has 0 bridgehead atoms. The summed E-state index contributed by atoms with van der Waals surface area (Å²) >= 11 is 6.09. The van der Waals surface area contributed by atoms with E-state index in [2.05, 4.69) is 5.10 Å².